The lowest BCUT2D eigenvalue weighted by atomic mass is 9.33. The Morgan fingerprint density at radius 2 is 1.04 bits per heavy atom. The number of hydrogen-bond acceptors (Lipinski definition) is 28. The van der Waals surface area contributed by atoms with E-state index < -0.39 is 230 Å². The molecule has 35 unspecified atom stereocenters. The van der Waals surface area contributed by atoms with Gasteiger partial charge in [0.25, 0.3) is 0 Å². The van der Waals surface area contributed by atoms with Gasteiger partial charge in [0.05, 0.1) is 55.9 Å². The summed E-state index contributed by atoms with van der Waals surface area (Å²) >= 11 is 0. The van der Waals surface area contributed by atoms with Gasteiger partial charge in [0.2, 0.25) is 6.29 Å². The zero-order valence-electron chi connectivity index (χ0n) is 53.9. The molecule has 10 aliphatic rings. The Hall–Kier alpha value is -2.73. The number of allylic oxidation sites excluding steroid dienone is 2. The quantitative estimate of drug-likeness (QED) is 0.0436. The highest BCUT2D eigenvalue weighted by atomic mass is 16.8. The van der Waals surface area contributed by atoms with Crippen molar-refractivity contribution < 1.29 is 138 Å². The van der Waals surface area contributed by atoms with E-state index in [1.165, 1.54) is 27.7 Å². The van der Waals surface area contributed by atoms with Crippen molar-refractivity contribution in [3.8, 4) is 0 Å². The van der Waals surface area contributed by atoms with Gasteiger partial charge in [-0.1, -0.05) is 53.2 Å². The van der Waals surface area contributed by atoms with Crippen LogP contribution in [0.15, 0.2) is 11.6 Å². The fraction of sp³-hybridized carbons (Fsp3) is 0.921. The summed E-state index contributed by atoms with van der Waals surface area (Å²) in [6.45, 7) is 19.7. The van der Waals surface area contributed by atoms with Crippen LogP contribution in [0, 0.1) is 50.2 Å². The molecule has 4 saturated carbocycles. The third kappa shape index (κ3) is 12.1. The highest BCUT2D eigenvalue weighted by molar-refractivity contribution is 5.80. The monoisotopic (exact) mass is 1300 g/mol. The topological polar surface area (TPSA) is 425 Å². The second kappa shape index (κ2) is 25.9. The van der Waals surface area contributed by atoms with Gasteiger partial charge in [-0.25, -0.2) is 0 Å². The third-order valence-corrected chi connectivity index (χ3v) is 23.6. The Labute approximate surface area is 529 Å². The Morgan fingerprint density at radius 3 is 1.65 bits per heavy atom. The molecular weight excluding hydrogens is 1200 g/mol. The zero-order chi connectivity index (χ0) is 66.9. The number of carbonyl (C=O) groups excluding carboxylic acids is 3. The number of carbonyl (C=O) groups is 3. The van der Waals surface area contributed by atoms with Crippen LogP contribution in [0.4, 0.5) is 0 Å². The maximum absolute atomic E-state index is 15.8. The van der Waals surface area contributed by atoms with Crippen molar-refractivity contribution in [3.63, 3.8) is 0 Å². The van der Waals surface area contributed by atoms with E-state index in [2.05, 4.69) is 40.7 Å². The SMILES string of the molecule is CC(=O)OC1C(C)OC(OC(=O)C23CCC(C)(C)CC2C2=CCC4C5(C)CC(O)C(OC6OC(C)C(O)C(O)C6O)C(C)(CO)C5CCC4(C)C2(C)CC3O)C(OC2OC(C)C(OC3OCC(O)C(OC4OC(C)C(O)C(O)C4O)C3O)C(OC(C)=O)C2O)C1O. The first-order chi connectivity index (χ1) is 42.4. The van der Waals surface area contributed by atoms with Crippen LogP contribution in [0.25, 0.3) is 0 Å². The number of aliphatic hydroxyl groups is 13. The Morgan fingerprint density at radius 1 is 0.516 bits per heavy atom. The highest BCUT2D eigenvalue weighted by Gasteiger charge is 2.73. The molecule has 520 valence electrons. The fourth-order valence-corrected chi connectivity index (χ4v) is 18.4. The van der Waals surface area contributed by atoms with Crippen LogP contribution in [-0.4, -0.2) is 263 Å². The standard InChI is InChI=1S/C63H100O28/c1-24-37(70)39(72)41(74)53(81-24)88-48-33(68)22-80-52(44(48)77)87-47-27(4)83-55(45(78)49(47)86-29(6)66)89-50-43(76)46(85-28(5)65)26(3)84-56(50)91-57(79)63-18-17-58(7,8)19-31(63)30-13-14-35-59(9)20-32(67)51(90-54-42(75)40(73)38(71)25(2)82-54)60(10,23-64)34(59)15-16-61(35,11)62(30,12)21-36(63)69/h13,24-27,31-56,64,67-78H,14-23H2,1-12H3. The van der Waals surface area contributed by atoms with E-state index in [1.807, 2.05) is 6.92 Å². The van der Waals surface area contributed by atoms with Crippen LogP contribution in [0.2, 0.25) is 0 Å². The molecule has 28 nitrogen and oxygen atoms in total. The molecule has 5 aliphatic carbocycles. The molecule has 10 rings (SSSR count). The molecule has 0 aromatic rings. The lowest BCUT2D eigenvalue weighted by Gasteiger charge is -2.72. The van der Waals surface area contributed by atoms with Gasteiger partial charge in [-0.05, 0) is 118 Å². The maximum atomic E-state index is 15.8. The predicted molar refractivity (Wildman–Crippen MR) is 307 cm³/mol. The molecule has 13 N–H and O–H groups in total. The molecule has 5 aliphatic heterocycles. The summed E-state index contributed by atoms with van der Waals surface area (Å²) in [4.78, 5) is 41.2. The second-order valence-electron chi connectivity index (χ2n) is 29.8. The van der Waals surface area contributed by atoms with Crippen molar-refractivity contribution in [1.82, 2.24) is 0 Å². The van der Waals surface area contributed by atoms with Gasteiger partial charge in [-0.3, -0.25) is 14.4 Å². The molecule has 5 saturated heterocycles. The first kappa shape index (κ1) is 71.1. The van der Waals surface area contributed by atoms with Crippen LogP contribution >= 0.6 is 0 Å². The molecule has 91 heavy (non-hydrogen) atoms. The highest BCUT2D eigenvalue weighted by Crippen LogP contribution is 2.76. The molecule has 0 aromatic heterocycles. The van der Waals surface area contributed by atoms with E-state index >= 15 is 4.79 Å². The predicted octanol–water partition coefficient (Wildman–Crippen LogP) is -1.41. The summed E-state index contributed by atoms with van der Waals surface area (Å²) in [5, 5.41) is 147. The van der Waals surface area contributed by atoms with E-state index in [0.29, 0.717) is 32.1 Å². The molecule has 0 bridgehead atoms. The van der Waals surface area contributed by atoms with Crippen LogP contribution < -0.4 is 0 Å². The van der Waals surface area contributed by atoms with Gasteiger partial charge in [0.1, 0.15) is 78.7 Å². The first-order valence-electron chi connectivity index (χ1n) is 32.3. The van der Waals surface area contributed by atoms with Crippen molar-refractivity contribution in [2.24, 2.45) is 50.2 Å². The number of ether oxygens (including phenoxy) is 12. The van der Waals surface area contributed by atoms with Crippen LogP contribution in [0.1, 0.15) is 134 Å². The van der Waals surface area contributed by atoms with Gasteiger partial charge >= 0.3 is 17.9 Å². The van der Waals surface area contributed by atoms with E-state index in [1.54, 1.807) is 0 Å². The number of rotatable bonds is 13. The summed E-state index contributed by atoms with van der Waals surface area (Å²) in [7, 11) is 0. The summed E-state index contributed by atoms with van der Waals surface area (Å²) in [5.41, 5.74) is -4.04. The van der Waals surface area contributed by atoms with E-state index in [0.717, 1.165) is 19.4 Å². The molecule has 5 heterocycles. The summed E-state index contributed by atoms with van der Waals surface area (Å²) in [5.74, 6) is -3.60. The normalized spacial score (nSPS) is 53.9. The van der Waals surface area contributed by atoms with Crippen molar-refractivity contribution in [1.29, 1.82) is 0 Å². The number of esters is 3. The van der Waals surface area contributed by atoms with Gasteiger partial charge in [0, 0.05) is 19.3 Å². The van der Waals surface area contributed by atoms with Gasteiger partial charge in [-0.15, -0.1) is 0 Å². The lowest BCUT2D eigenvalue weighted by Crippen LogP contribution is -2.70. The summed E-state index contributed by atoms with van der Waals surface area (Å²) < 4.78 is 71.9. The largest absolute Gasteiger partial charge is 0.457 e. The molecule has 28 heteroatoms. The van der Waals surface area contributed by atoms with Crippen molar-refractivity contribution in [2.75, 3.05) is 13.2 Å². The number of hydrogen-bond donors (Lipinski definition) is 13. The molecule has 35 atom stereocenters. The molecule has 0 aromatic carbocycles. The average Bonchev–Trinajstić information content (AvgIpc) is 0.671. The van der Waals surface area contributed by atoms with Gasteiger partial charge in [0.15, 0.2) is 43.5 Å². The Balaban J connectivity index is 0.906. The average molecular weight is 1310 g/mol. The minimum Gasteiger partial charge on any atom is -0.457 e. The smallest absolute Gasteiger partial charge is 0.317 e. The fourth-order valence-electron chi connectivity index (χ4n) is 18.4. The molecule has 9 fully saturated rings. The van der Waals surface area contributed by atoms with E-state index in [-0.39, 0.29) is 36.5 Å². The van der Waals surface area contributed by atoms with Crippen LogP contribution in [-0.2, 0) is 71.2 Å². The summed E-state index contributed by atoms with van der Waals surface area (Å²) in [6.07, 6.45) is -36.0. The zero-order valence-corrected chi connectivity index (χ0v) is 53.9. The lowest BCUT2D eigenvalue weighted by molar-refractivity contribution is -0.380. The molecular formula is C63H100O28. The van der Waals surface area contributed by atoms with Crippen LogP contribution in [0.3, 0.4) is 0 Å². The van der Waals surface area contributed by atoms with E-state index in [9.17, 15) is 76.0 Å². The Kier molecular flexibility index (Phi) is 20.2. The molecule has 0 radical (unpaired) electrons. The first-order valence-corrected chi connectivity index (χ1v) is 32.3. The van der Waals surface area contributed by atoms with Crippen molar-refractivity contribution in [3.05, 3.63) is 11.6 Å². The minimum absolute atomic E-state index is 0.108. The van der Waals surface area contributed by atoms with E-state index in [4.69, 9.17) is 56.8 Å². The number of aliphatic hydroxyl groups excluding tert-OH is 13. The molecule has 0 spiro atoms. The van der Waals surface area contributed by atoms with Gasteiger partial charge in [-0.2, -0.15) is 0 Å². The minimum atomic E-state index is -2.01. The Bertz CT molecular complexity index is 2650. The van der Waals surface area contributed by atoms with Crippen LogP contribution in [0.5, 0.6) is 0 Å². The second-order valence-corrected chi connectivity index (χ2v) is 29.8. The summed E-state index contributed by atoms with van der Waals surface area (Å²) in [6, 6.07) is 0. The maximum Gasteiger partial charge on any atom is 0.317 e. The van der Waals surface area contributed by atoms with Gasteiger partial charge < -0.3 is 123 Å². The van der Waals surface area contributed by atoms with Crippen molar-refractivity contribution in [2.45, 2.75) is 300 Å². The molecule has 0 amide bonds. The number of fused-ring (bicyclic) bond motifs is 7. The third-order valence-electron chi connectivity index (χ3n) is 23.6. The van der Waals surface area contributed by atoms with Crippen molar-refractivity contribution >= 4 is 17.9 Å².